The second-order valence-corrected chi connectivity index (χ2v) is 5.60. The predicted octanol–water partition coefficient (Wildman–Crippen LogP) is 4.91. The zero-order chi connectivity index (χ0) is 12.7. The predicted molar refractivity (Wildman–Crippen MR) is 75.5 cm³/mol. The highest BCUT2D eigenvalue weighted by molar-refractivity contribution is 9.10. The Morgan fingerprint density at radius 2 is 2.06 bits per heavy atom. The van der Waals surface area contributed by atoms with Crippen molar-refractivity contribution in [3.05, 3.63) is 44.4 Å². The highest BCUT2D eigenvalue weighted by atomic mass is 79.9. The van der Waals surface area contributed by atoms with Gasteiger partial charge in [-0.2, -0.15) is 11.3 Å². The van der Waals surface area contributed by atoms with E-state index in [-0.39, 0.29) is 10.7 Å². The van der Waals surface area contributed by atoms with E-state index < -0.39 is 5.82 Å². The fraction of sp³-hybridized carbons (Fsp3) is 0. The van der Waals surface area contributed by atoms with Gasteiger partial charge in [0.1, 0.15) is 16.5 Å². The van der Waals surface area contributed by atoms with Gasteiger partial charge in [-0.3, -0.25) is 0 Å². The number of benzene rings is 1. The van der Waals surface area contributed by atoms with Crippen molar-refractivity contribution in [2.75, 3.05) is 0 Å². The summed E-state index contributed by atoms with van der Waals surface area (Å²) in [6.07, 6.45) is 0. The molecule has 0 aliphatic carbocycles. The second-order valence-electron chi connectivity index (χ2n) is 3.60. The van der Waals surface area contributed by atoms with Gasteiger partial charge in [0, 0.05) is 15.4 Å². The highest BCUT2D eigenvalue weighted by Crippen LogP contribution is 2.32. The Bertz CT molecular complexity index is 731. The van der Waals surface area contributed by atoms with E-state index in [4.69, 9.17) is 11.6 Å². The molecule has 0 saturated heterocycles. The molecule has 0 atom stereocenters. The van der Waals surface area contributed by atoms with Crippen LogP contribution in [0.25, 0.3) is 22.3 Å². The average Bonchev–Trinajstić information content (AvgIpc) is 2.87. The summed E-state index contributed by atoms with van der Waals surface area (Å²) in [5, 5.41) is 4.55. The van der Waals surface area contributed by atoms with E-state index in [0.29, 0.717) is 15.7 Å². The van der Waals surface area contributed by atoms with Gasteiger partial charge < -0.3 is 0 Å². The first kappa shape index (κ1) is 12.0. The maximum Gasteiger partial charge on any atom is 0.162 e. The van der Waals surface area contributed by atoms with E-state index in [1.807, 2.05) is 16.8 Å². The van der Waals surface area contributed by atoms with Crippen molar-refractivity contribution in [1.29, 1.82) is 0 Å². The second kappa shape index (κ2) is 4.57. The van der Waals surface area contributed by atoms with Crippen molar-refractivity contribution in [2.45, 2.75) is 0 Å². The lowest BCUT2D eigenvalue weighted by Crippen LogP contribution is -1.94. The van der Waals surface area contributed by atoms with E-state index in [1.165, 1.54) is 17.4 Å². The molecule has 0 N–H and O–H groups in total. The third-order valence-electron chi connectivity index (χ3n) is 2.49. The fourth-order valence-electron chi connectivity index (χ4n) is 1.65. The Hall–Kier alpha value is -1.04. The van der Waals surface area contributed by atoms with Gasteiger partial charge in [0.15, 0.2) is 5.82 Å². The third-order valence-corrected chi connectivity index (χ3v) is 4.10. The summed E-state index contributed by atoms with van der Waals surface area (Å²) < 4.78 is 14.5. The van der Waals surface area contributed by atoms with Crippen molar-refractivity contribution in [3.8, 4) is 11.4 Å². The molecule has 1 aromatic carbocycles. The minimum Gasteiger partial charge on any atom is -0.225 e. The number of halogens is 3. The van der Waals surface area contributed by atoms with Crippen LogP contribution in [0.1, 0.15) is 0 Å². The smallest absolute Gasteiger partial charge is 0.162 e. The van der Waals surface area contributed by atoms with Crippen molar-refractivity contribution in [2.24, 2.45) is 0 Å². The topological polar surface area (TPSA) is 25.8 Å². The number of hydrogen-bond donors (Lipinski definition) is 0. The minimum atomic E-state index is -0.408. The van der Waals surface area contributed by atoms with Gasteiger partial charge in [-0.1, -0.05) is 11.6 Å². The number of thiophene rings is 1. The van der Waals surface area contributed by atoms with Gasteiger partial charge in [0.05, 0.1) is 5.39 Å². The standard InChI is InChI=1S/C12H5BrClFN2S/c13-7-1-2-8(15)10-9(7)11(14)17-12(16-10)6-3-4-18-5-6/h1-5H. The van der Waals surface area contributed by atoms with Crippen LogP contribution in [0, 0.1) is 5.82 Å². The highest BCUT2D eigenvalue weighted by Gasteiger charge is 2.14. The molecule has 90 valence electrons. The molecule has 2 aromatic heterocycles. The van der Waals surface area contributed by atoms with Gasteiger partial charge in [-0.15, -0.1) is 0 Å². The van der Waals surface area contributed by atoms with Crippen molar-refractivity contribution in [1.82, 2.24) is 9.97 Å². The molecular formula is C12H5BrClFN2S. The molecule has 0 spiro atoms. The Balaban J connectivity index is 2.37. The van der Waals surface area contributed by atoms with Crippen LogP contribution in [0.4, 0.5) is 4.39 Å². The Morgan fingerprint density at radius 3 is 2.78 bits per heavy atom. The lowest BCUT2D eigenvalue weighted by atomic mass is 10.2. The molecule has 0 amide bonds. The quantitative estimate of drug-likeness (QED) is 0.587. The number of hydrogen-bond acceptors (Lipinski definition) is 3. The monoisotopic (exact) mass is 342 g/mol. The first-order valence-electron chi connectivity index (χ1n) is 5.00. The van der Waals surface area contributed by atoms with Crippen LogP contribution in [-0.4, -0.2) is 9.97 Å². The molecule has 2 nitrogen and oxygen atoms in total. The first-order chi connectivity index (χ1) is 8.66. The van der Waals surface area contributed by atoms with Crippen LogP contribution in [0.15, 0.2) is 33.4 Å². The minimum absolute atomic E-state index is 0.227. The first-order valence-corrected chi connectivity index (χ1v) is 7.12. The normalized spacial score (nSPS) is 11.1. The van der Waals surface area contributed by atoms with Crippen molar-refractivity contribution in [3.63, 3.8) is 0 Å². The number of fused-ring (bicyclic) bond motifs is 1. The maximum absolute atomic E-state index is 13.8. The molecule has 0 saturated carbocycles. The van der Waals surface area contributed by atoms with E-state index in [1.54, 1.807) is 6.07 Å². The van der Waals surface area contributed by atoms with Gasteiger partial charge in [0.2, 0.25) is 0 Å². The molecule has 0 unspecified atom stereocenters. The largest absolute Gasteiger partial charge is 0.225 e. The van der Waals surface area contributed by atoms with Crippen LogP contribution in [-0.2, 0) is 0 Å². The maximum atomic E-state index is 13.8. The summed E-state index contributed by atoms with van der Waals surface area (Å²) in [4.78, 5) is 8.46. The molecule has 0 fully saturated rings. The van der Waals surface area contributed by atoms with Gasteiger partial charge >= 0.3 is 0 Å². The van der Waals surface area contributed by atoms with Crippen LogP contribution in [0.3, 0.4) is 0 Å². The lowest BCUT2D eigenvalue weighted by Gasteiger charge is -2.05. The van der Waals surface area contributed by atoms with Gasteiger partial charge in [-0.05, 0) is 39.5 Å². The van der Waals surface area contributed by atoms with Crippen LogP contribution >= 0.6 is 38.9 Å². The zero-order valence-electron chi connectivity index (χ0n) is 8.82. The molecule has 0 aliphatic heterocycles. The number of rotatable bonds is 1. The van der Waals surface area contributed by atoms with E-state index in [0.717, 1.165) is 5.56 Å². The molecule has 18 heavy (non-hydrogen) atoms. The van der Waals surface area contributed by atoms with Crippen LogP contribution in [0.5, 0.6) is 0 Å². The number of aromatic nitrogens is 2. The zero-order valence-corrected chi connectivity index (χ0v) is 12.0. The Morgan fingerprint density at radius 1 is 1.22 bits per heavy atom. The number of nitrogens with zero attached hydrogens (tertiary/aromatic N) is 2. The lowest BCUT2D eigenvalue weighted by molar-refractivity contribution is 0.636. The van der Waals surface area contributed by atoms with E-state index in [9.17, 15) is 4.39 Å². The van der Waals surface area contributed by atoms with Gasteiger partial charge in [-0.25, -0.2) is 14.4 Å². The summed E-state index contributed by atoms with van der Waals surface area (Å²) in [6.45, 7) is 0. The van der Waals surface area contributed by atoms with E-state index in [2.05, 4.69) is 25.9 Å². The molecule has 0 aliphatic rings. The molecular weight excluding hydrogens is 339 g/mol. The molecule has 3 aromatic rings. The van der Waals surface area contributed by atoms with Crippen molar-refractivity contribution < 1.29 is 4.39 Å². The molecule has 0 radical (unpaired) electrons. The summed E-state index contributed by atoms with van der Waals surface area (Å²) >= 11 is 11.0. The SMILES string of the molecule is Fc1ccc(Br)c2c(Cl)nc(-c3ccsc3)nc12. The summed E-state index contributed by atoms with van der Waals surface area (Å²) in [5.74, 6) is 0.0275. The Labute approximate surface area is 120 Å². The third kappa shape index (κ3) is 1.92. The van der Waals surface area contributed by atoms with Crippen LogP contribution < -0.4 is 0 Å². The summed E-state index contributed by atoms with van der Waals surface area (Å²) in [7, 11) is 0. The fourth-order valence-corrected chi connectivity index (χ4v) is 3.17. The van der Waals surface area contributed by atoms with Crippen LogP contribution in [0.2, 0.25) is 5.15 Å². The molecule has 6 heteroatoms. The molecule has 2 heterocycles. The van der Waals surface area contributed by atoms with Gasteiger partial charge in [0.25, 0.3) is 0 Å². The average molecular weight is 344 g/mol. The van der Waals surface area contributed by atoms with Crippen molar-refractivity contribution >= 4 is 49.8 Å². The summed E-state index contributed by atoms with van der Waals surface area (Å²) in [5.41, 5.74) is 1.06. The molecule has 0 bridgehead atoms. The molecule has 3 rings (SSSR count). The summed E-state index contributed by atoms with van der Waals surface area (Å²) in [6, 6.07) is 4.82. The Kier molecular flexibility index (Phi) is 3.05. The van der Waals surface area contributed by atoms with E-state index >= 15 is 0 Å².